The Morgan fingerprint density at radius 1 is 0.935 bits per heavy atom. The lowest BCUT2D eigenvalue weighted by molar-refractivity contribution is -0.576. The van der Waals surface area contributed by atoms with Crippen LogP contribution in [-0.4, -0.2) is 45.1 Å². The Hall–Kier alpha value is -3.33. The molecule has 9 heteroatoms. The van der Waals surface area contributed by atoms with Crippen LogP contribution in [0.5, 0.6) is 0 Å². The van der Waals surface area contributed by atoms with Crippen LogP contribution in [0, 0.1) is 26.1 Å². The van der Waals surface area contributed by atoms with Crippen LogP contribution in [0.25, 0.3) is 0 Å². The lowest BCUT2D eigenvalue weighted by Gasteiger charge is -2.35. The first-order chi connectivity index (χ1) is 14.8. The summed E-state index contributed by atoms with van der Waals surface area (Å²) in [5.74, 6) is -2.13. The Morgan fingerprint density at radius 2 is 1.42 bits per heavy atom. The molecule has 2 aromatic rings. The van der Waals surface area contributed by atoms with Gasteiger partial charge in [0.05, 0.1) is 12.5 Å². The van der Waals surface area contributed by atoms with Gasteiger partial charge in [0.25, 0.3) is 0 Å². The summed E-state index contributed by atoms with van der Waals surface area (Å²) in [6.07, 6.45) is -0.0795. The molecule has 0 heterocycles. The van der Waals surface area contributed by atoms with Gasteiger partial charge in [-0.3, -0.25) is 30.3 Å². The number of rotatable bonds is 8. The summed E-state index contributed by atoms with van der Waals surface area (Å²) in [6, 6.07) is 14.0. The minimum Gasteiger partial charge on any atom is -0.480 e. The zero-order valence-corrected chi connectivity index (χ0v) is 17.0. The van der Waals surface area contributed by atoms with Crippen molar-refractivity contribution in [1.29, 1.82) is 0 Å². The molecule has 0 aromatic heterocycles. The van der Waals surface area contributed by atoms with Crippen molar-refractivity contribution in [2.75, 3.05) is 0 Å². The summed E-state index contributed by atoms with van der Waals surface area (Å²) in [6.45, 7) is 1.68. The van der Waals surface area contributed by atoms with E-state index in [0.717, 1.165) is 11.1 Å². The highest BCUT2D eigenvalue weighted by atomic mass is 16.6. The molecule has 3 rings (SSSR count). The van der Waals surface area contributed by atoms with E-state index in [1.165, 1.54) is 0 Å². The predicted octanol–water partition coefficient (Wildman–Crippen LogP) is 2.95. The average Bonchev–Trinajstić information content (AvgIpc) is 2.74. The molecule has 2 aromatic carbocycles. The normalized spacial score (nSPS) is 24.5. The Morgan fingerprint density at radius 3 is 1.84 bits per heavy atom. The average molecular weight is 427 g/mol. The van der Waals surface area contributed by atoms with Gasteiger partial charge in [0.2, 0.25) is 12.1 Å². The molecule has 1 saturated carbocycles. The largest absolute Gasteiger partial charge is 0.480 e. The quantitative estimate of drug-likeness (QED) is 0.488. The van der Waals surface area contributed by atoms with Crippen molar-refractivity contribution in [3.8, 4) is 0 Å². The SMILES string of the molecule is CC1CC(NC(C(=O)O)C(c2ccccc2)c2ccccc2)C([N+](=O)[O-])CC1[N+](=O)[O-]. The number of nitro groups is 2. The van der Waals surface area contributed by atoms with Gasteiger partial charge in [0, 0.05) is 21.7 Å². The predicted molar refractivity (Wildman–Crippen MR) is 113 cm³/mol. The van der Waals surface area contributed by atoms with Crippen LogP contribution >= 0.6 is 0 Å². The third kappa shape index (κ3) is 5.05. The highest BCUT2D eigenvalue weighted by Crippen LogP contribution is 2.32. The molecule has 5 unspecified atom stereocenters. The van der Waals surface area contributed by atoms with Crippen LogP contribution in [0.4, 0.5) is 0 Å². The maximum absolute atomic E-state index is 12.4. The summed E-state index contributed by atoms with van der Waals surface area (Å²) in [5.41, 5.74) is 1.52. The van der Waals surface area contributed by atoms with Crippen LogP contribution < -0.4 is 5.32 Å². The van der Waals surface area contributed by atoms with E-state index in [0.29, 0.717) is 0 Å². The van der Waals surface area contributed by atoms with Crippen LogP contribution in [-0.2, 0) is 4.79 Å². The minimum absolute atomic E-state index is 0.150. The first-order valence-corrected chi connectivity index (χ1v) is 10.1. The van der Waals surface area contributed by atoms with Gasteiger partial charge in [-0.2, -0.15) is 0 Å². The van der Waals surface area contributed by atoms with Crippen LogP contribution in [0.1, 0.15) is 36.8 Å². The molecular formula is C22H25N3O6. The topological polar surface area (TPSA) is 136 Å². The van der Waals surface area contributed by atoms with Crippen molar-refractivity contribution < 1.29 is 19.7 Å². The van der Waals surface area contributed by atoms with Gasteiger partial charge in [-0.15, -0.1) is 0 Å². The van der Waals surface area contributed by atoms with Gasteiger partial charge in [-0.05, 0) is 17.5 Å². The number of carboxylic acids is 1. The third-order valence-corrected chi connectivity index (χ3v) is 6.08. The Balaban J connectivity index is 1.97. The molecular weight excluding hydrogens is 402 g/mol. The smallest absolute Gasteiger partial charge is 0.321 e. The van der Waals surface area contributed by atoms with Crippen molar-refractivity contribution in [2.45, 2.75) is 49.9 Å². The van der Waals surface area contributed by atoms with E-state index in [1.807, 2.05) is 60.7 Å². The number of aliphatic carboxylic acids is 1. The standard InChI is InChI=1S/C22H25N3O6/c1-14-12-17(19(25(30)31)13-18(14)24(28)29)23-21(22(26)27)20(15-8-4-2-5-9-15)16-10-6-3-7-11-16/h2-11,14,17-21,23H,12-13H2,1H3,(H,26,27). The Labute approximate surface area is 179 Å². The molecule has 0 bridgehead atoms. The third-order valence-electron chi connectivity index (χ3n) is 6.08. The first-order valence-electron chi connectivity index (χ1n) is 10.1. The Bertz CT molecular complexity index is 884. The number of nitrogens with zero attached hydrogens (tertiary/aromatic N) is 2. The van der Waals surface area contributed by atoms with E-state index in [1.54, 1.807) is 6.92 Å². The van der Waals surface area contributed by atoms with Crippen molar-refractivity contribution in [3.05, 3.63) is 92.0 Å². The van der Waals surface area contributed by atoms with Crippen molar-refractivity contribution in [2.24, 2.45) is 5.92 Å². The summed E-state index contributed by atoms with van der Waals surface area (Å²) in [7, 11) is 0. The van der Waals surface area contributed by atoms with E-state index < -0.39 is 51.8 Å². The summed E-state index contributed by atoms with van der Waals surface area (Å²) in [4.78, 5) is 34.4. The van der Waals surface area contributed by atoms with Crippen LogP contribution in [0.2, 0.25) is 0 Å². The van der Waals surface area contributed by atoms with Crippen LogP contribution in [0.15, 0.2) is 60.7 Å². The molecule has 5 atom stereocenters. The van der Waals surface area contributed by atoms with E-state index in [2.05, 4.69) is 5.32 Å². The minimum atomic E-state index is -1.24. The molecule has 1 fully saturated rings. The van der Waals surface area contributed by atoms with Gasteiger partial charge in [0.15, 0.2) is 0 Å². The second kappa shape index (κ2) is 9.65. The second-order valence-electron chi connectivity index (χ2n) is 8.04. The number of hydrogen-bond acceptors (Lipinski definition) is 6. The van der Waals surface area contributed by atoms with Gasteiger partial charge >= 0.3 is 5.97 Å². The van der Waals surface area contributed by atoms with Crippen molar-refractivity contribution in [1.82, 2.24) is 5.32 Å². The summed E-state index contributed by atoms with van der Waals surface area (Å²) < 4.78 is 0. The molecule has 0 spiro atoms. The van der Waals surface area contributed by atoms with Gasteiger partial charge in [-0.25, -0.2) is 0 Å². The molecule has 0 aliphatic heterocycles. The lowest BCUT2D eigenvalue weighted by atomic mass is 9.78. The molecule has 2 N–H and O–H groups in total. The fourth-order valence-corrected chi connectivity index (χ4v) is 4.50. The zero-order chi connectivity index (χ0) is 22.5. The molecule has 0 amide bonds. The lowest BCUT2D eigenvalue weighted by Crippen LogP contribution is -2.58. The maximum Gasteiger partial charge on any atom is 0.321 e. The monoisotopic (exact) mass is 427 g/mol. The van der Waals surface area contributed by atoms with Gasteiger partial charge < -0.3 is 5.11 Å². The van der Waals surface area contributed by atoms with E-state index in [4.69, 9.17) is 0 Å². The number of carboxylic acid groups (broad SMARTS) is 1. The molecule has 1 aliphatic rings. The highest BCUT2D eigenvalue weighted by Gasteiger charge is 2.49. The van der Waals surface area contributed by atoms with Crippen molar-refractivity contribution in [3.63, 3.8) is 0 Å². The highest BCUT2D eigenvalue weighted by molar-refractivity contribution is 5.76. The second-order valence-corrected chi connectivity index (χ2v) is 8.04. The number of benzene rings is 2. The molecule has 31 heavy (non-hydrogen) atoms. The molecule has 1 aliphatic carbocycles. The van der Waals surface area contributed by atoms with Crippen LogP contribution in [0.3, 0.4) is 0 Å². The van der Waals surface area contributed by atoms with E-state index in [-0.39, 0.29) is 12.8 Å². The maximum atomic E-state index is 12.4. The number of hydrogen-bond donors (Lipinski definition) is 2. The molecule has 164 valence electrons. The fraction of sp³-hybridized carbons (Fsp3) is 0.409. The zero-order valence-electron chi connectivity index (χ0n) is 17.0. The Kier molecular flexibility index (Phi) is 6.96. The molecule has 9 nitrogen and oxygen atoms in total. The molecule has 0 radical (unpaired) electrons. The van der Waals surface area contributed by atoms with Gasteiger partial charge in [-0.1, -0.05) is 67.6 Å². The summed E-state index contributed by atoms with van der Waals surface area (Å²) in [5, 5.41) is 36.1. The summed E-state index contributed by atoms with van der Waals surface area (Å²) >= 11 is 0. The first kappa shape index (κ1) is 22.4. The van der Waals surface area contributed by atoms with E-state index in [9.17, 15) is 30.1 Å². The molecule has 0 saturated heterocycles. The van der Waals surface area contributed by atoms with Crippen molar-refractivity contribution >= 4 is 5.97 Å². The number of nitrogens with one attached hydrogen (secondary N) is 1. The van der Waals surface area contributed by atoms with E-state index >= 15 is 0 Å². The fourth-order valence-electron chi connectivity index (χ4n) is 4.50. The van der Waals surface area contributed by atoms with Gasteiger partial charge in [0.1, 0.15) is 6.04 Å². The number of carbonyl (C=O) groups is 1.